The Morgan fingerprint density at radius 2 is 1.87 bits per heavy atom. The Labute approximate surface area is 217 Å². The number of hydrogen-bond donors (Lipinski definition) is 4. The molecule has 0 atom stereocenters. The first kappa shape index (κ1) is 26.8. The van der Waals surface area contributed by atoms with E-state index in [2.05, 4.69) is 20.9 Å². The highest BCUT2D eigenvalue weighted by atomic mass is 19.1. The molecule has 12 nitrogen and oxygen atoms in total. The number of hydrogen-bond acceptors (Lipinski definition) is 7. The summed E-state index contributed by atoms with van der Waals surface area (Å²) in [6, 6.07) is 3.50. The number of aromatic hydroxyl groups is 1. The molecule has 4 amide bonds. The fraction of sp³-hybridized carbons (Fsp3) is 0.440. The molecule has 1 aromatic carbocycles. The number of fused-ring (bicyclic) bond motifs is 2. The zero-order valence-electron chi connectivity index (χ0n) is 21.3. The standard InChI is InChI=1S/C25H29FN6O6/c1-27-19(34)16-10-15(26)5-4-14(16)11-28-20(35)17-18(33)22(37)32-12-13-6-8-25(9-7-13,24(32)29-17)30-21(36)23(38)31(2)3/h4-5,10,13,33H,6-9,11-12H2,1-3H3,(H,27,34)(H,28,35)(H,30,36). The lowest BCUT2D eigenvalue weighted by atomic mass is 9.77. The van der Waals surface area contributed by atoms with Crippen molar-refractivity contribution in [3.8, 4) is 5.75 Å². The first-order chi connectivity index (χ1) is 18.0. The molecule has 4 N–H and O–H groups in total. The van der Waals surface area contributed by atoms with Crippen LogP contribution in [0.1, 0.15) is 57.9 Å². The zero-order valence-corrected chi connectivity index (χ0v) is 21.3. The lowest BCUT2D eigenvalue weighted by Crippen LogP contribution is -2.53. The third-order valence-corrected chi connectivity index (χ3v) is 7.12. The van der Waals surface area contributed by atoms with E-state index < -0.39 is 52.0 Å². The molecule has 1 aliphatic carbocycles. The van der Waals surface area contributed by atoms with Crippen LogP contribution in [0.25, 0.3) is 0 Å². The summed E-state index contributed by atoms with van der Waals surface area (Å²) < 4.78 is 15.0. The number of likely N-dealkylation sites (N-methyl/N-ethyl adjacent to an activating group) is 1. The molecule has 2 bridgehead atoms. The van der Waals surface area contributed by atoms with Gasteiger partial charge in [0.05, 0.1) is 5.54 Å². The average Bonchev–Trinajstić information content (AvgIpc) is 3.14. The van der Waals surface area contributed by atoms with Crippen LogP contribution >= 0.6 is 0 Å². The van der Waals surface area contributed by atoms with E-state index in [-0.39, 0.29) is 30.4 Å². The van der Waals surface area contributed by atoms with Crippen molar-refractivity contribution in [1.29, 1.82) is 0 Å². The third-order valence-electron chi connectivity index (χ3n) is 7.12. The lowest BCUT2D eigenvalue weighted by Gasteiger charge is -2.37. The Bertz CT molecular complexity index is 1380. The second-order valence-corrected chi connectivity index (χ2v) is 9.79. The predicted molar refractivity (Wildman–Crippen MR) is 132 cm³/mol. The van der Waals surface area contributed by atoms with Crippen molar-refractivity contribution in [3.63, 3.8) is 0 Å². The van der Waals surface area contributed by atoms with E-state index in [0.29, 0.717) is 31.2 Å². The van der Waals surface area contributed by atoms with Gasteiger partial charge in [0.2, 0.25) is 5.75 Å². The second kappa shape index (κ2) is 10.2. The number of halogens is 1. The largest absolute Gasteiger partial charge is 0.501 e. The summed E-state index contributed by atoms with van der Waals surface area (Å²) >= 11 is 0. The molecule has 2 aromatic rings. The molecule has 5 rings (SSSR count). The summed E-state index contributed by atoms with van der Waals surface area (Å²) in [6.45, 7) is 0.0314. The van der Waals surface area contributed by atoms with E-state index in [0.717, 1.165) is 17.0 Å². The van der Waals surface area contributed by atoms with Crippen LogP contribution in [0.4, 0.5) is 4.39 Å². The third kappa shape index (κ3) is 4.83. The SMILES string of the molecule is CNC(=O)c1cc(F)ccc1CNC(=O)c1nc2n(c(=O)c1O)CC1CCC2(NC(=O)C(=O)N(C)C)CC1. The van der Waals surface area contributed by atoms with Crippen molar-refractivity contribution < 1.29 is 28.7 Å². The van der Waals surface area contributed by atoms with Gasteiger partial charge in [-0.15, -0.1) is 0 Å². The number of benzene rings is 1. The molecular formula is C25H29FN6O6. The average molecular weight is 529 g/mol. The first-order valence-corrected chi connectivity index (χ1v) is 12.1. The molecule has 38 heavy (non-hydrogen) atoms. The number of nitrogens with one attached hydrogen (secondary N) is 3. The molecule has 2 aliphatic heterocycles. The van der Waals surface area contributed by atoms with Crippen molar-refractivity contribution in [2.24, 2.45) is 5.92 Å². The zero-order chi connectivity index (χ0) is 27.8. The molecule has 0 spiro atoms. The summed E-state index contributed by atoms with van der Waals surface area (Å²) in [4.78, 5) is 68.9. The number of rotatable bonds is 5. The van der Waals surface area contributed by atoms with Crippen LogP contribution in [0.15, 0.2) is 23.0 Å². The smallest absolute Gasteiger partial charge is 0.311 e. The van der Waals surface area contributed by atoms with Crippen LogP contribution in [0.2, 0.25) is 0 Å². The highest BCUT2D eigenvalue weighted by molar-refractivity contribution is 6.35. The number of carbonyl (C=O) groups excluding carboxylic acids is 4. The summed E-state index contributed by atoms with van der Waals surface area (Å²) in [7, 11) is 4.27. The van der Waals surface area contributed by atoms with E-state index in [1.807, 2.05) is 0 Å². The summed E-state index contributed by atoms with van der Waals surface area (Å²) in [5.74, 6) is -4.39. The highest BCUT2D eigenvalue weighted by Gasteiger charge is 2.46. The van der Waals surface area contributed by atoms with Crippen LogP contribution in [-0.4, -0.2) is 64.3 Å². The fourth-order valence-corrected chi connectivity index (χ4v) is 5.04. The molecule has 1 saturated carbocycles. The van der Waals surface area contributed by atoms with Gasteiger partial charge in [0.25, 0.3) is 17.4 Å². The molecule has 0 radical (unpaired) electrons. The molecule has 3 aliphatic rings. The van der Waals surface area contributed by atoms with Gasteiger partial charge in [0.15, 0.2) is 5.69 Å². The van der Waals surface area contributed by atoms with Gasteiger partial charge in [-0.2, -0.15) is 0 Å². The van der Waals surface area contributed by atoms with Gasteiger partial charge in [-0.25, -0.2) is 9.37 Å². The van der Waals surface area contributed by atoms with Crippen LogP contribution < -0.4 is 21.5 Å². The number of carbonyl (C=O) groups is 4. The molecule has 0 saturated heterocycles. The fourth-order valence-electron chi connectivity index (χ4n) is 5.04. The van der Waals surface area contributed by atoms with Crippen molar-refractivity contribution in [1.82, 2.24) is 30.4 Å². The van der Waals surface area contributed by atoms with Gasteiger partial charge in [0, 0.05) is 39.8 Å². The minimum Gasteiger partial charge on any atom is -0.501 e. The Hall–Kier alpha value is -4.29. The molecule has 0 unspecified atom stereocenters. The van der Waals surface area contributed by atoms with Crippen molar-refractivity contribution in [2.45, 2.75) is 44.3 Å². The van der Waals surface area contributed by atoms with Crippen molar-refractivity contribution >= 4 is 23.6 Å². The summed E-state index contributed by atoms with van der Waals surface area (Å²) in [5.41, 5.74) is -2.26. The normalized spacial score (nSPS) is 19.6. The van der Waals surface area contributed by atoms with Crippen molar-refractivity contribution in [3.05, 3.63) is 57.0 Å². The van der Waals surface area contributed by atoms with Crippen LogP contribution in [-0.2, 0) is 28.2 Å². The van der Waals surface area contributed by atoms with Gasteiger partial charge in [-0.3, -0.25) is 28.5 Å². The number of aromatic nitrogens is 2. The van der Waals surface area contributed by atoms with Gasteiger partial charge in [0.1, 0.15) is 11.6 Å². The Morgan fingerprint density at radius 1 is 1.18 bits per heavy atom. The van der Waals surface area contributed by atoms with Gasteiger partial charge in [-0.05, 0) is 49.3 Å². The molecule has 3 heterocycles. The van der Waals surface area contributed by atoms with E-state index in [4.69, 9.17) is 0 Å². The molecule has 1 fully saturated rings. The maximum absolute atomic E-state index is 13.7. The van der Waals surface area contributed by atoms with E-state index >= 15 is 0 Å². The van der Waals surface area contributed by atoms with Gasteiger partial charge in [-0.1, -0.05) is 6.07 Å². The predicted octanol–water partition coefficient (Wildman–Crippen LogP) is -0.0189. The minimum atomic E-state index is -1.18. The number of nitrogens with zero attached hydrogens (tertiary/aromatic N) is 3. The molecular weight excluding hydrogens is 499 g/mol. The Morgan fingerprint density at radius 3 is 2.50 bits per heavy atom. The lowest BCUT2D eigenvalue weighted by molar-refractivity contribution is -0.145. The Balaban J connectivity index is 1.70. The monoisotopic (exact) mass is 528 g/mol. The molecule has 13 heteroatoms. The molecule has 1 aromatic heterocycles. The van der Waals surface area contributed by atoms with E-state index in [1.165, 1.54) is 31.8 Å². The van der Waals surface area contributed by atoms with Crippen LogP contribution in [0.3, 0.4) is 0 Å². The van der Waals surface area contributed by atoms with Crippen LogP contribution in [0.5, 0.6) is 5.75 Å². The van der Waals surface area contributed by atoms with E-state index in [9.17, 15) is 33.5 Å². The van der Waals surface area contributed by atoms with E-state index in [1.54, 1.807) is 0 Å². The van der Waals surface area contributed by atoms with Crippen molar-refractivity contribution in [2.75, 3.05) is 21.1 Å². The first-order valence-electron chi connectivity index (χ1n) is 12.1. The second-order valence-electron chi connectivity index (χ2n) is 9.79. The summed E-state index contributed by atoms with van der Waals surface area (Å²) in [6.07, 6.45) is 2.09. The Kier molecular flexibility index (Phi) is 7.20. The maximum Gasteiger partial charge on any atom is 0.311 e. The van der Waals surface area contributed by atoms with Gasteiger partial charge >= 0.3 is 11.8 Å². The quantitative estimate of drug-likeness (QED) is 0.397. The van der Waals surface area contributed by atoms with Gasteiger partial charge < -0.3 is 26.0 Å². The topological polar surface area (TPSA) is 163 Å². The number of amides is 4. The highest BCUT2D eigenvalue weighted by Crippen LogP contribution is 2.42. The molecule has 202 valence electrons. The minimum absolute atomic E-state index is 0.0104. The maximum atomic E-state index is 13.7. The summed E-state index contributed by atoms with van der Waals surface area (Å²) in [5, 5.41) is 18.3. The van der Waals surface area contributed by atoms with Crippen LogP contribution in [0, 0.1) is 11.7 Å².